The highest BCUT2D eigenvalue weighted by atomic mass is 32.1. The molecule has 0 radical (unpaired) electrons. The molecule has 1 atom stereocenters. The number of likely N-dealkylation sites (tertiary alicyclic amines) is 1. The molecule has 1 unspecified atom stereocenters. The molecule has 30 heavy (non-hydrogen) atoms. The third kappa shape index (κ3) is 3.15. The average Bonchev–Trinajstić information content (AvgIpc) is 3.41. The summed E-state index contributed by atoms with van der Waals surface area (Å²) in [6.45, 7) is 7.74. The maximum atomic E-state index is 13.0. The van der Waals surface area contributed by atoms with Crippen LogP contribution < -0.4 is 5.32 Å². The molecule has 5 heterocycles. The van der Waals surface area contributed by atoms with Crippen LogP contribution in [0.1, 0.15) is 60.5 Å². The van der Waals surface area contributed by atoms with E-state index < -0.39 is 0 Å². The number of fused-ring (bicyclic) bond motifs is 2. The molecule has 0 bridgehead atoms. The predicted molar refractivity (Wildman–Crippen MR) is 120 cm³/mol. The number of aliphatic hydroxyl groups excluding tert-OH is 1. The van der Waals surface area contributed by atoms with E-state index in [0.29, 0.717) is 31.8 Å². The Kier molecular flexibility index (Phi) is 4.71. The maximum Gasteiger partial charge on any atom is 0.264 e. The summed E-state index contributed by atoms with van der Waals surface area (Å²) in [5.41, 5.74) is 5.67. The molecule has 0 aliphatic carbocycles. The van der Waals surface area contributed by atoms with Crippen LogP contribution >= 0.6 is 11.3 Å². The number of hydrogen-bond acceptors (Lipinski definition) is 6. The van der Waals surface area contributed by atoms with Crippen LogP contribution in [0.15, 0.2) is 29.0 Å². The monoisotopic (exact) mass is 425 g/mol. The van der Waals surface area contributed by atoms with Crippen LogP contribution in [0.3, 0.4) is 0 Å². The highest BCUT2D eigenvalue weighted by Crippen LogP contribution is 2.40. The number of carbonyl (C=O) groups excluding carboxylic acids is 1. The van der Waals surface area contributed by atoms with Gasteiger partial charge >= 0.3 is 0 Å². The number of thiophene rings is 1. The van der Waals surface area contributed by atoms with Gasteiger partial charge < -0.3 is 20.3 Å². The Morgan fingerprint density at radius 3 is 2.83 bits per heavy atom. The lowest BCUT2D eigenvalue weighted by Gasteiger charge is -2.29. The second-order valence-corrected chi connectivity index (χ2v) is 9.66. The standard InChI is InChI=1S/C22H27N5O2S/c1-12(2)18-19(14-8-13(3)21-23-11-24-27(21)10-14)25-16-9-17(30-20(16)18)22(29)26-6-4-15(28)5-7-26/h8-12,15,21,25,28H,4-7H2,1-3H3,(H,23,24). The second kappa shape index (κ2) is 7.28. The van der Waals surface area contributed by atoms with E-state index in [-0.39, 0.29) is 18.2 Å². The fourth-order valence-electron chi connectivity index (χ4n) is 4.51. The molecular formula is C22H27N5O2S. The lowest BCUT2D eigenvalue weighted by molar-refractivity contribution is 0.0551. The normalized spacial score (nSPS) is 21.8. The fraction of sp³-hybridized carbons (Fsp3) is 0.455. The van der Waals surface area contributed by atoms with E-state index in [1.165, 1.54) is 11.1 Å². The van der Waals surface area contributed by atoms with E-state index in [9.17, 15) is 9.90 Å². The molecule has 3 N–H and O–H groups in total. The summed E-state index contributed by atoms with van der Waals surface area (Å²) in [5.74, 6) is 0.383. The van der Waals surface area contributed by atoms with Gasteiger partial charge in [0.05, 0.1) is 26.9 Å². The molecule has 0 saturated carbocycles. The Hall–Kier alpha value is -2.58. The second-order valence-electron chi connectivity index (χ2n) is 8.61. The number of nitrogens with one attached hydrogen (secondary N) is 2. The molecule has 7 nitrogen and oxygen atoms in total. The number of allylic oxidation sites excluding steroid dienone is 2. The van der Waals surface area contributed by atoms with Gasteiger partial charge in [0.25, 0.3) is 5.91 Å². The topological polar surface area (TPSA) is 84.0 Å². The first-order valence-corrected chi connectivity index (χ1v) is 11.3. The van der Waals surface area contributed by atoms with Crippen LogP contribution in [0.5, 0.6) is 0 Å². The molecule has 1 amide bonds. The van der Waals surface area contributed by atoms with Crippen molar-refractivity contribution in [1.29, 1.82) is 0 Å². The van der Waals surface area contributed by atoms with Crippen molar-refractivity contribution in [3.05, 3.63) is 40.0 Å². The first-order chi connectivity index (χ1) is 14.4. The van der Waals surface area contributed by atoms with Crippen LogP contribution in [0.4, 0.5) is 0 Å². The van der Waals surface area contributed by atoms with Gasteiger partial charge in [-0.1, -0.05) is 13.8 Å². The van der Waals surface area contributed by atoms with Crippen molar-refractivity contribution in [2.75, 3.05) is 13.1 Å². The number of piperidine rings is 1. The van der Waals surface area contributed by atoms with Gasteiger partial charge in [-0.15, -0.1) is 11.3 Å². The summed E-state index contributed by atoms with van der Waals surface area (Å²) in [6, 6.07) is 1.99. The molecule has 2 aromatic rings. The number of aliphatic hydroxyl groups is 1. The van der Waals surface area contributed by atoms with Crippen molar-refractivity contribution in [2.45, 2.75) is 51.8 Å². The molecule has 0 spiro atoms. The lowest BCUT2D eigenvalue weighted by Crippen LogP contribution is -2.39. The van der Waals surface area contributed by atoms with Gasteiger partial charge in [0, 0.05) is 24.9 Å². The van der Waals surface area contributed by atoms with Crippen molar-refractivity contribution in [2.24, 2.45) is 5.10 Å². The minimum atomic E-state index is -0.280. The van der Waals surface area contributed by atoms with Gasteiger partial charge in [0.1, 0.15) is 12.5 Å². The largest absolute Gasteiger partial charge is 0.393 e. The summed E-state index contributed by atoms with van der Waals surface area (Å²) < 4.78 is 1.15. The van der Waals surface area contributed by atoms with E-state index in [2.05, 4.69) is 48.4 Å². The smallest absolute Gasteiger partial charge is 0.264 e. The number of aromatic nitrogens is 1. The quantitative estimate of drug-likeness (QED) is 0.704. The molecule has 3 aliphatic heterocycles. The molecule has 5 rings (SSSR count). The van der Waals surface area contributed by atoms with Crippen molar-refractivity contribution in [3.63, 3.8) is 0 Å². The van der Waals surface area contributed by atoms with Crippen LogP contribution in [-0.2, 0) is 0 Å². The fourth-order valence-corrected chi connectivity index (χ4v) is 5.79. The Labute approximate surface area is 179 Å². The third-order valence-electron chi connectivity index (χ3n) is 6.11. The van der Waals surface area contributed by atoms with Gasteiger partial charge in [-0.2, -0.15) is 5.10 Å². The average molecular weight is 426 g/mol. The summed E-state index contributed by atoms with van der Waals surface area (Å²) in [6.07, 6.45) is 7.14. The molecule has 158 valence electrons. The number of rotatable bonds is 3. The zero-order valence-electron chi connectivity index (χ0n) is 17.5. The molecular weight excluding hydrogens is 398 g/mol. The first kappa shape index (κ1) is 19.4. The summed E-state index contributed by atoms with van der Waals surface area (Å²) in [5, 5.41) is 19.3. The van der Waals surface area contributed by atoms with Crippen molar-refractivity contribution >= 4 is 39.4 Å². The summed E-state index contributed by atoms with van der Waals surface area (Å²) in [4.78, 5) is 19.2. The minimum absolute atomic E-state index is 0.0701. The Morgan fingerprint density at radius 2 is 2.10 bits per heavy atom. The number of carbonyl (C=O) groups is 1. The number of H-pyrrole nitrogens is 1. The highest BCUT2D eigenvalue weighted by Gasteiger charge is 2.29. The number of hydrogen-bond donors (Lipinski definition) is 3. The molecule has 2 aromatic heterocycles. The van der Waals surface area contributed by atoms with Crippen LogP contribution in [-0.4, -0.2) is 57.6 Å². The molecule has 8 heteroatoms. The predicted octanol–water partition coefficient (Wildman–Crippen LogP) is 3.43. The number of aromatic amines is 1. The maximum absolute atomic E-state index is 13.0. The Balaban J connectivity index is 1.51. The molecule has 1 fully saturated rings. The van der Waals surface area contributed by atoms with Crippen LogP contribution in [0.25, 0.3) is 15.8 Å². The zero-order chi connectivity index (χ0) is 21.0. The number of amides is 1. The first-order valence-electron chi connectivity index (χ1n) is 10.5. The summed E-state index contributed by atoms with van der Waals surface area (Å²) >= 11 is 1.57. The van der Waals surface area contributed by atoms with E-state index >= 15 is 0 Å². The Morgan fingerprint density at radius 1 is 1.33 bits per heavy atom. The van der Waals surface area contributed by atoms with Crippen LogP contribution in [0.2, 0.25) is 0 Å². The van der Waals surface area contributed by atoms with E-state index in [0.717, 1.165) is 26.4 Å². The molecule has 1 saturated heterocycles. The van der Waals surface area contributed by atoms with E-state index in [4.69, 9.17) is 0 Å². The number of hydrazone groups is 1. The van der Waals surface area contributed by atoms with Crippen LogP contribution in [0, 0.1) is 0 Å². The Bertz CT molecular complexity index is 1080. The molecule has 3 aliphatic rings. The van der Waals surface area contributed by atoms with Gasteiger partial charge in [-0.25, -0.2) is 5.01 Å². The van der Waals surface area contributed by atoms with Gasteiger partial charge in [0.15, 0.2) is 0 Å². The lowest BCUT2D eigenvalue weighted by atomic mass is 9.97. The SMILES string of the molecule is CC1=CC(c2[nH]c3cc(C(=O)N4CCC(O)CC4)sc3c2C(C)C)=CN2N=CNC12. The van der Waals surface area contributed by atoms with Crippen molar-refractivity contribution in [3.8, 4) is 0 Å². The molecule has 0 aromatic carbocycles. The third-order valence-corrected chi connectivity index (χ3v) is 7.26. The van der Waals surface area contributed by atoms with Gasteiger partial charge in [-0.05, 0) is 49.0 Å². The van der Waals surface area contributed by atoms with Gasteiger partial charge in [-0.3, -0.25) is 4.79 Å². The van der Waals surface area contributed by atoms with E-state index in [1.807, 2.05) is 16.0 Å². The highest BCUT2D eigenvalue weighted by molar-refractivity contribution is 7.21. The van der Waals surface area contributed by atoms with Gasteiger partial charge in [0.2, 0.25) is 0 Å². The minimum Gasteiger partial charge on any atom is -0.393 e. The zero-order valence-corrected chi connectivity index (χ0v) is 18.3. The van der Waals surface area contributed by atoms with Crippen molar-refractivity contribution in [1.82, 2.24) is 20.2 Å². The summed E-state index contributed by atoms with van der Waals surface area (Å²) in [7, 11) is 0. The number of nitrogens with zero attached hydrogens (tertiary/aromatic N) is 3. The van der Waals surface area contributed by atoms with Crippen molar-refractivity contribution < 1.29 is 9.90 Å². The van der Waals surface area contributed by atoms with E-state index in [1.54, 1.807) is 17.7 Å².